The van der Waals surface area contributed by atoms with E-state index >= 15 is 0 Å². The first-order chi connectivity index (χ1) is 8.70. The van der Waals surface area contributed by atoms with Gasteiger partial charge < -0.3 is 0 Å². The van der Waals surface area contributed by atoms with E-state index in [-0.39, 0.29) is 0 Å². The molecule has 1 aliphatic rings. The fraction of sp³-hybridized carbons (Fsp3) is 0.231. The molecule has 1 aliphatic carbocycles. The minimum atomic E-state index is 0.377. The van der Waals surface area contributed by atoms with Crippen LogP contribution in [-0.2, 0) is 0 Å². The Morgan fingerprint density at radius 2 is 1.89 bits per heavy atom. The zero-order valence-electron chi connectivity index (χ0n) is 9.40. The number of rotatable bonds is 2. The quantitative estimate of drug-likeness (QED) is 0.835. The summed E-state index contributed by atoms with van der Waals surface area (Å²) in [7, 11) is 0. The first kappa shape index (κ1) is 11.6. The van der Waals surface area contributed by atoms with E-state index in [0.29, 0.717) is 21.7 Å². The SMILES string of the molecule is N#Cc1c(C2CC2)nn(-c2ccc(Cl)cc2)c1Cl. The monoisotopic (exact) mass is 277 g/mol. The average molecular weight is 278 g/mol. The lowest BCUT2D eigenvalue weighted by Crippen LogP contribution is -1.96. The van der Waals surface area contributed by atoms with Gasteiger partial charge in [-0.05, 0) is 37.1 Å². The third-order valence-electron chi connectivity index (χ3n) is 3.00. The summed E-state index contributed by atoms with van der Waals surface area (Å²) in [5.41, 5.74) is 2.12. The van der Waals surface area contributed by atoms with Crippen LogP contribution in [0.15, 0.2) is 24.3 Å². The van der Waals surface area contributed by atoms with Gasteiger partial charge in [0.15, 0.2) is 5.15 Å². The van der Waals surface area contributed by atoms with Crippen molar-refractivity contribution in [3.63, 3.8) is 0 Å². The molecule has 0 N–H and O–H groups in total. The molecule has 1 fully saturated rings. The van der Waals surface area contributed by atoms with Crippen molar-refractivity contribution in [3.05, 3.63) is 45.7 Å². The van der Waals surface area contributed by atoms with E-state index in [1.54, 1.807) is 16.8 Å². The molecule has 0 atom stereocenters. The fourth-order valence-corrected chi connectivity index (χ4v) is 2.31. The molecule has 0 amide bonds. The number of nitriles is 1. The van der Waals surface area contributed by atoms with Gasteiger partial charge in [0.2, 0.25) is 0 Å². The lowest BCUT2D eigenvalue weighted by Gasteiger charge is -2.02. The van der Waals surface area contributed by atoms with Crippen molar-refractivity contribution in [2.45, 2.75) is 18.8 Å². The van der Waals surface area contributed by atoms with Crippen molar-refractivity contribution < 1.29 is 0 Å². The molecule has 5 heteroatoms. The summed E-state index contributed by atoms with van der Waals surface area (Å²) in [6.07, 6.45) is 2.17. The predicted octanol–water partition coefficient (Wildman–Crippen LogP) is 3.93. The maximum atomic E-state index is 9.17. The highest BCUT2D eigenvalue weighted by atomic mass is 35.5. The number of halogens is 2. The molecular weight excluding hydrogens is 269 g/mol. The van der Waals surface area contributed by atoms with Crippen LogP contribution in [0.2, 0.25) is 10.2 Å². The third-order valence-corrected chi connectivity index (χ3v) is 3.60. The number of hydrogen-bond donors (Lipinski definition) is 0. The van der Waals surface area contributed by atoms with Gasteiger partial charge in [0.05, 0.1) is 11.4 Å². The van der Waals surface area contributed by atoms with Crippen LogP contribution in [0, 0.1) is 11.3 Å². The number of aromatic nitrogens is 2. The minimum Gasteiger partial charge on any atom is -0.221 e. The molecule has 1 aromatic heterocycles. The zero-order valence-corrected chi connectivity index (χ0v) is 10.9. The minimum absolute atomic E-state index is 0.377. The topological polar surface area (TPSA) is 41.6 Å². The molecule has 0 radical (unpaired) electrons. The molecule has 3 rings (SSSR count). The summed E-state index contributed by atoms with van der Waals surface area (Å²) in [5, 5.41) is 14.7. The van der Waals surface area contributed by atoms with Gasteiger partial charge in [-0.15, -0.1) is 0 Å². The van der Waals surface area contributed by atoms with E-state index < -0.39 is 0 Å². The maximum absolute atomic E-state index is 9.17. The van der Waals surface area contributed by atoms with Crippen LogP contribution in [0.1, 0.15) is 30.0 Å². The van der Waals surface area contributed by atoms with Gasteiger partial charge in [-0.25, -0.2) is 4.68 Å². The first-order valence-corrected chi connectivity index (χ1v) is 6.40. The molecule has 2 aromatic rings. The summed E-state index contributed by atoms with van der Waals surface area (Å²) >= 11 is 12.1. The van der Waals surface area contributed by atoms with Crippen LogP contribution in [0.3, 0.4) is 0 Å². The molecule has 90 valence electrons. The Morgan fingerprint density at radius 1 is 1.22 bits per heavy atom. The van der Waals surface area contributed by atoms with Gasteiger partial charge in [-0.1, -0.05) is 23.2 Å². The molecule has 1 saturated carbocycles. The Kier molecular flexibility index (Phi) is 2.77. The Balaban J connectivity index is 2.12. The van der Waals surface area contributed by atoms with Crippen LogP contribution in [0.4, 0.5) is 0 Å². The Hall–Kier alpha value is -1.50. The van der Waals surface area contributed by atoms with Crippen LogP contribution >= 0.6 is 23.2 Å². The third kappa shape index (κ3) is 1.88. The molecule has 3 nitrogen and oxygen atoms in total. The Labute approximate surface area is 115 Å². The van der Waals surface area contributed by atoms with Crippen molar-refractivity contribution in [2.75, 3.05) is 0 Å². The summed E-state index contributed by atoms with van der Waals surface area (Å²) in [6, 6.07) is 9.36. The van der Waals surface area contributed by atoms with Gasteiger partial charge in [0, 0.05) is 10.9 Å². The fourth-order valence-electron chi connectivity index (χ4n) is 1.91. The molecular formula is C13H9Cl2N3. The Morgan fingerprint density at radius 3 is 2.44 bits per heavy atom. The van der Waals surface area contributed by atoms with Crippen molar-refractivity contribution in [2.24, 2.45) is 0 Å². The Bertz CT molecular complexity index is 633. The molecule has 0 unspecified atom stereocenters. The van der Waals surface area contributed by atoms with E-state index in [1.165, 1.54) is 0 Å². The van der Waals surface area contributed by atoms with Crippen molar-refractivity contribution in [3.8, 4) is 11.8 Å². The van der Waals surface area contributed by atoms with Crippen LogP contribution in [-0.4, -0.2) is 9.78 Å². The van der Waals surface area contributed by atoms with E-state index in [1.807, 2.05) is 12.1 Å². The second-order valence-corrected chi connectivity index (χ2v) is 5.12. The van der Waals surface area contributed by atoms with E-state index in [9.17, 15) is 5.26 Å². The van der Waals surface area contributed by atoms with Gasteiger partial charge in [0.1, 0.15) is 11.6 Å². The average Bonchev–Trinajstić information content (AvgIpc) is 3.15. The summed E-state index contributed by atoms with van der Waals surface area (Å²) in [6.45, 7) is 0. The molecule has 1 heterocycles. The van der Waals surface area contributed by atoms with Gasteiger partial charge in [-0.3, -0.25) is 0 Å². The second-order valence-electron chi connectivity index (χ2n) is 4.33. The highest BCUT2D eigenvalue weighted by Crippen LogP contribution is 2.42. The first-order valence-electron chi connectivity index (χ1n) is 5.65. The van der Waals surface area contributed by atoms with Crippen LogP contribution in [0.25, 0.3) is 5.69 Å². The maximum Gasteiger partial charge on any atom is 0.150 e. The normalized spacial score (nSPS) is 14.5. The smallest absolute Gasteiger partial charge is 0.150 e. The molecule has 0 bridgehead atoms. The summed E-state index contributed by atoms with van der Waals surface area (Å²) in [4.78, 5) is 0. The van der Waals surface area contributed by atoms with Crippen molar-refractivity contribution >= 4 is 23.2 Å². The number of nitrogens with zero attached hydrogens (tertiary/aromatic N) is 3. The lowest BCUT2D eigenvalue weighted by atomic mass is 10.2. The highest BCUT2D eigenvalue weighted by Gasteiger charge is 2.31. The summed E-state index contributed by atoms with van der Waals surface area (Å²) < 4.78 is 1.60. The zero-order chi connectivity index (χ0) is 12.7. The largest absolute Gasteiger partial charge is 0.221 e. The van der Waals surface area contributed by atoms with E-state index in [4.69, 9.17) is 23.2 Å². The molecule has 0 spiro atoms. The molecule has 0 saturated heterocycles. The van der Waals surface area contributed by atoms with Crippen molar-refractivity contribution in [1.82, 2.24) is 9.78 Å². The van der Waals surface area contributed by atoms with Gasteiger partial charge in [-0.2, -0.15) is 10.4 Å². The highest BCUT2D eigenvalue weighted by molar-refractivity contribution is 6.31. The predicted molar refractivity (Wildman–Crippen MR) is 70.3 cm³/mol. The van der Waals surface area contributed by atoms with Crippen LogP contribution < -0.4 is 0 Å². The standard InChI is InChI=1S/C13H9Cl2N3/c14-9-3-5-10(6-4-9)18-13(15)11(7-16)12(17-18)8-1-2-8/h3-6,8H,1-2H2. The van der Waals surface area contributed by atoms with Gasteiger partial charge >= 0.3 is 0 Å². The molecule has 1 aromatic carbocycles. The second kappa shape index (κ2) is 4.31. The number of hydrogen-bond acceptors (Lipinski definition) is 2. The lowest BCUT2D eigenvalue weighted by molar-refractivity contribution is 0.838. The van der Waals surface area contributed by atoms with Gasteiger partial charge in [0.25, 0.3) is 0 Å². The number of benzene rings is 1. The van der Waals surface area contributed by atoms with E-state index in [2.05, 4.69) is 11.2 Å². The van der Waals surface area contributed by atoms with Crippen LogP contribution in [0.5, 0.6) is 0 Å². The van der Waals surface area contributed by atoms with E-state index in [0.717, 1.165) is 24.2 Å². The summed E-state index contributed by atoms with van der Waals surface area (Å²) in [5.74, 6) is 0.394. The molecule has 0 aliphatic heterocycles. The molecule has 18 heavy (non-hydrogen) atoms. The van der Waals surface area contributed by atoms with Crippen molar-refractivity contribution in [1.29, 1.82) is 5.26 Å².